The molecule has 0 aromatic carbocycles. The SMILES string of the molecule is C#CC(=O)OCCOCCOCCOCC. The van der Waals surface area contributed by atoms with Gasteiger partial charge in [-0.15, -0.1) is 6.42 Å². The Hall–Kier alpha value is -1.09. The van der Waals surface area contributed by atoms with Crippen LogP contribution in [0.1, 0.15) is 6.92 Å². The van der Waals surface area contributed by atoms with Crippen LogP contribution in [-0.2, 0) is 23.7 Å². The van der Waals surface area contributed by atoms with Crippen LogP contribution < -0.4 is 0 Å². The van der Waals surface area contributed by atoms with Gasteiger partial charge in [0.15, 0.2) is 0 Å². The Morgan fingerprint density at radius 2 is 1.50 bits per heavy atom. The van der Waals surface area contributed by atoms with E-state index in [1.165, 1.54) is 0 Å². The van der Waals surface area contributed by atoms with Gasteiger partial charge in [0.2, 0.25) is 0 Å². The van der Waals surface area contributed by atoms with Crippen LogP contribution >= 0.6 is 0 Å². The van der Waals surface area contributed by atoms with Crippen LogP contribution in [0.3, 0.4) is 0 Å². The van der Waals surface area contributed by atoms with E-state index in [0.29, 0.717) is 39.6 Å². The Morgan fingerprint density at radius 1 is 1.00 bits per heavy atom. The third-order valence-electron chi connectivity index (χ3n) is 1.53. The van der Waals surface area contributed by atoms with Crippen molar-refractivity contribution in [2.75, 3.05) is 46.2 Å². The predicted octanol–water partition coefficient (Wildman–Crippen LogP) is 0.232. The lowest BCUT2D eigenvalue weighted by atomic mass is 10.6. The highest BCUT2D eigenvalue weighted by Crippen LogP contribution is 1.82. The summed E-state index contributed by atoms with van der Waals surface area (Å²) in [7, 11) is 0. The molecule has 0 atom stereocenters. The van der Waals surface area contributed by atoms with Gasteiger partial charge in [0.05, 0.1) is 33.0 Å². The highest BCUT2D eigenvalue weighted by atomic mass is 16.6. The summed E-state index contributed by atoms with van der Waals surface area (Å²) in [5, 5.41) is 0. The van der Waals surface area contributed by atoms with Crippen LogP contribution in [0.15, 0.2) is 0 Å². The number of hydrogen-bond donors (Lipinski definition) is 0. The van der Waals surface area contributed by atoms with E-state index in [0.717, 1.165) is 0 Å². The van der Waals surface area contributed by atoms with E-state index in [9.17, 15) is 4.79 Å². The van der Waals surface area contributed by atoms with Crippen LogP contribution in [-0.4, -0.2) is 52.2 Å². The van der Waals surface area contributed by atoms with Crippen molar-refractivity contribution in [2.24, 2.45) is 0 Å². The van der Waals surface area contributed by atoms with E-state index < -0.39 is 5.97 Å². The summed E-state index contributed by atoms with van der Waals surface area (Å²) in [6.07, 6.45) is 4.80. The molecule has 0 unspecified atom stereocenters. The maximum Gasteiger partial charge on any atom is 0.384 e. The van der Waals surface area contributed by atoms with Crippen molar-refractivity contribution in [2.45, 2.75) is 6.92 Å². The van der Waals surface area contributed by atoms with Gasteiger partial charge in [-0.25, -0.2) is 4.79 Å². The normalized spacial score (nSPS) is 9.75. The van der Waals surface area contributed by atoms with Gasteiger partial charge in [0, 0.05) is 12.5 Å². The summed E-state index contributed by atoms with van der Waals surface area (Å²) in [4.78, 5) is 10.5. The van der Waals surface area contributed by atoms with Gasteiger partial charge in [0.25, 0.3) is 0 Å². The number of terminal acetylenes is 1. The molecule has 16 heavy (non-hydrogen) atoms. The third kappa shape index (κ3) is 11.0. The Morgan fingerprint density at radius 3 is 2.00 bits per heavy atom. The zero-order valence-electron chi connectivity index (χ0n) is 9.57. The molecule has 0 N–H and O–H groups in total. The van der Waals surface area contributed by atoms with Gasteiger partial charge >= 0.3 is 5.97 Å². The molecule has 0 aliphatic rings. The van der Waals surface area contributed by atoms with Crippen molar-refractivity contribution in [1.82, 2.24) is 0 Å². The number of ether oxygens (including phenoxy) is 4. The molecule has 5 nitrogen and oxygen atoms in total. The Kier molecular flexibility index (Phi) is 11.2. The van der Waals surface area contributed by atoms with Crippen LogP contribution in [0, 0.1) is 12.3 Å². The minimum atomic E-state index is -0.670. The molecular formula is C11H18O5. The molecule has 0 rings (SSSR count). The zero-order chi connectivity index (χ0) is 12.1. The molecule has 5 heteroatoms. The van der Waals surface area contributed by atoms with E-state index in [1.807, 2.05) is 12.8 Å². The predicted molar refractivity (Wildman–Crippen MR) is 57.9 cm³/mol. The van der Waals surface area contributed by atoms with Gasteiger partial charge in [-0.2, -0.15) is 0 Å². The Bertz CT molecular complexity index is 209. The molecule has 0 heterocycles. The molecule has 0 aromatic heterocycles. The van der Waals surface area contributed by atoms with E-state index in [4.69, 9.17) is 20.6 Å². The van der Waals surface area contributed by atoms with Gasteiger partial charge in [-0.3, -0.25) is 0 Å². The highest BCUT2D eigenvalue weighted by Gasteiger charge is 1.95. The number of carbonyl (C=O) groups excluding carboxylic acids is 1. The molecule has 0 fully saturated rings. The first-order valence-electron chi connectivity index (χ1n) is 5.17. The van der Waals surface area contributed by atoms with Gasteiger partial charge in [-0.05, 0) is 6.92 Å². The number of hydrogen-bond acceptors (Lipinski definition) is 5. The molecule has 0 aromatic rings. The zero-order valence-corrected chi connectivity index (χ0v) is 9.57. The van der Waals surface area contributed by atoms with Crippen molar-refractivity contribution in [1.29, 1.82) is 0 Å². The lowest BCUT2D eigenvalue weighted by Crippen LogP contribution is -2.13. The summed E-state index contributed by atoms with van der Waals surface area (Å²) in [6.45, 7) is 5.22. The highest BCUT2D eigenvalue weighted by molar-refractivity contribution is 5.87. The van der Waals surface area contributed by atoms with E-state index in [2.05, 4.69) is 4.74 Å². The standard InChI is InChI=1S/C11H18O5/c1-3-11(12)16-10-9-15-8-7-14-6-5-13-4-2/h1H,4-10H2,2H3. The molecule has 0 bridgehead atoms. The lowest BCUT2D eigenvalue weighted by molar-refractivity contribution is -0.138. The second kappa shape index (κ2) is 12.0. The van der Waals surface area contributed by atoms with Crippen molar-refractivity contribution in [3.05, 3.63) is 0 Å². The lowest BCUT2D eigenvalue weighted by Gasteiger charge is -2.05. The van der Waals surface area contributed by atoms with E-state index in [1.54, 1.807) is 0 Å². The molecular weight excluding hydrogens is 212 g/mol. The van der Waals surface area contributed by atoms with Gasteiger partial charge in [-0.1, -0.05) is 0 Å². The summed E-state index contributed by atoms with van der Waals surface area (Å²) in [6, 6.07) is 0. The molecule has 0 spiro atoms. The van der Waals surface area contributed by atoms with Crippen molar-refractivity contribution in [3.63, 3.8) is 0 Å². The molecule has 0 amide bonds. The van der Waals surface area contributed by atoms with E-state index in [-0.39, 0.29) is 6.61 Å². The van der Waals surface area contributed by atoms with Gasteiger partial charge < -0.3 is 18.9 Å². The third-order valence-corrected chi connectivity index (χ3v) is 1.53. The van der Waals surface area contributed by atoms with Gasteiger partial charge in [0.1, 0.15) is 6.61 Å². The average molecular weight is 230 g/mol. The van der Waals surface area contributed by atoms with Crippen LogP contribution in [0.25, 0.3) is 0 Å². The number of carbonyl (C=O) groups is 1. The molecule has 0 saturated carbocycles. The number of rotatable bonds is 10. The van der Waals surface area contributed by atoms with Crippen molar-refractivity contribution >= 4 is 5.97 Å². The first-order chi connectivity index (χ1) is 7.81. The molecule has 0 aliphatic heterocycles. The van der Waals surface area contributed by atoms with Crippen LogP contribution in [0.2, 0.25) is 0 Å². The minimum Gasteiger partial charge on any atom is -0.454 e. The summed E-state index contributed by atoms with van der Waals surface area (Å²) >= 11 is 0. The fraction of sp³-hybridized carbons (Fsp3) is 0.727. The molecule has 0 aliphatic carbocycles. The maximum absolute atomic E-state index is 10.5. The monoisotopic (exact) mass is 230 g/mol. The second-order valence-corrected chi connectivity index (χ2v) is 2.70. The fourth-order valence-corrected chi connectivity index (χ4v) is 0.819. The van der Waals surface area contributed by atoms with Crippen molar-refractivity contribution in [3.8, 4) is 12.3 Å². The topological polar surface area (TPSA) is 54.0 Å². The average Bonchev–Trinajstić information content (AvgIpc) is 2.31. The minimum absolute atomic E-state index is 0.169. The first-order valence-corrected chi connectivity index (χ1v) is 5.17. The molecule has 0 saturated heterocycles. The first kappa shape index (κ1) is 14.9. The number of esters is 1. The summed E-state index contributed by atoms with van der Waals surface area (Å²) in [5.41, 5.74) is 0. The summed E-state index contributed by atoms with van der Waals surface area (Å²) in [5.74, 6) is 1.17. The second-order valence-electron chi connectivity index (χ2n) is 2.70. The summed E-state index contributed by atoms with van der Waals surface area (Å²) < 4.78 is 20.0. The van der Waals surface area contributed by atoms with Crippen LogP contribution in [0.5, 0.6) is 0 Å². The smallest absolute Gasteiger partial charge is 0.384 e. The Balaban J connectivity index is 2.99. The van der Waals surface area contributed by atoms with Crippen LogP contribution in [0.4, 0.5) is 0 Å². The Labute approximate surface area is 96.0 Å². The molecule has 0 radical (unpaired) electrons. The van der Waals surface area contributed by atoms with E-state index >= 15 is 0 Å². The fourth-order valence-electron chi connectivity index (χ4n) is 0.819. The maximum atomic E-state index is 10.5. The largest absolute Gasteiger partial charge is 0.454 e. The quantitative estimate of drug-likeness (QED) is 0.233. The molecule has 92 valence electrons. The van der Waals surface area contributed by atoms with Crippen molar-refractivity contribution < 1.29 is 23.7 Å².